The number of fused-ring (bicyclic) bond motifs is 3. The molecule has 1 amide bonds. The molecule has 5 aromatic rings. The first kappa shape index (κ1) is 29.0. The minimum Gasteiger partial charge on any atom is -0.366 e. The second kappa shape index (κ2) is 11.7. The van der Waals surface area contributed by atoms with Crippen LogP contribution in [0.1, 0.15) is 58.1 Å². The van der Waals surface area contributed by atoms with E-state index < -0.39 is 10.0 Å². The summed E-state index contributed by atoms with van der Waals surface area (Å²) in [6.45, 7) is 6.73. The molecule has 45 heavy (non-hydrogen) atoms. The second-order valence-electron chi connectivity index (χ2n) is 12.3. The number of sulfonamides is 1. The monoisotopic (exact) mass is 616 g/mol. The van der Waals surface area contributed by atoms with Crippen LogP contribution in [0.15, 0.2) is 102 Å². The van der Waals surface area contributed by atoms with Crippen LogP contribution in [0.5, 0.6) is 0 Å². The summed E-state index contributed by atoms with van der Waals surface area (Å²) in [6.07, 6.45) is 1.51. The van der Waals surface area contributed by atoms with E-state index in [1.807, 2.05) is 77.7 Å². The molecule has 7 rings (SSSR count). The molecule has 0 saturated heterocycles. The van der Waals surface area contributed by atoms with Crippen molar-refractivity contribution in [2.75, 3.05) is 22.7 Å². The third-order valence-electron chi connectivity index (χ3n) is 8.95. The molecule has 0 aliphatic carbocycles. The standard InChI is InChI=1S/C37H36N4O3S/c1-25(2)26-12-16-33(17-13-26)45(43,44)39-32-15-10-27-18-20-40(24-30(27)22-32)35-9-5-7-29-23-41(37(42)36(29)35)21-19-31-14-11-28-6-3-4-8-34(28)38-31/h3-17,22,25,39H,18-21,23-24H2,1-2H3. The molecule has 2 aliphatic rings. The fraction of sp³-hybridized carbons (Fsp3) is 0.243. The molecule has 0 radical (unpaired) electrons. The van der Waals surface area contributed by atoms with Gasteiger partial charge in [0, 0.05) is 49.4 Å². The highest BCUT2D eigenvalue weighted by Crippen LogP contribution is 2.35. The van der Waals surface area contributed by atoms with Crippen molar-refractivity contribution in [3.05, 3.63) is 131 Å². The fourth-order valence-corrected chi connectivity index (χ4v) is 7.46. The normalized spacial score (nSPS) is 14.6. The Kier molecular flexibility index (Phi) is 7.53. The number of para-hydroxylation sites is 1. The smallest absolute Gasteiger partial charge is 0.261 e. The van der Waals surface area contributed by atoms with Crippen molar-refractivity contribution in [3.63, 3.8) is 0 Å². The Balaban J connectivity index is 1.06. The van der Waals surface area contributed by atoms with E-state index in [-0.39, 0.29) is 10.8 Å². The number of hydrogen-bond acceptors (Lipinski definition) is 5. The Morgan fingerprint density at radius 2 is 1.67 bits per heavy atom. The minimum atomic E-state index is -3.72. The van der Waals surface area contributed by atoms with Crippen LogP contribution in [0.4, 0.5) is 11.4 Å². The topological polar surface area (TPSA) is 82.6 Å². The van der Waals surface area contributed by atoms with Gasteiger partial charge in [-0.1, -0.05) is 68.4 Å². The maximum absolute atomic E-state index is 13.7. The molecule has 0 atom stereocenters. The quantitative estimate of drug-likeness (QED) is 0.205. The Morgan fingerprint density at radius 1 is 0.844 bits per heavy atom. The Hall–Kier alpha value is -4.69. The number of aromatic nitrogens is 1. The van der Waals surface area contributed by atoms with Gasteiger partial charge in [-0.15, -0.1) is 0 Å². The summed E-state index contributed by atoms with van der Waals surface area (Å²) in [7, 11) is -3.72. The van der Waals surface area contributed by atoms with Gasteiger partial charge in [-0.3, -0.25) is 14.5 Å². The molecule has 0 fully saturated rings. The molecule has 3 heterocycles. The molecule has 1 N–H and O–H groups in total. The van der Waals surface area contributed by atoms with Gasteiger partial charge in [0.2, 0.25) is 0 Å². The lowest BCUT2D eigenvalue weighted by Crippen LogP contribution is -2.32. The largest absolute Gasteiger partial charge is 0.366 e. The van der Waals surface area contributed by atoms with E-state index in [1.54, 1.807) is 12.1 Å². The second-order valence-corrected chi connectivity index (χ2v) is 13.9. The summed E-state index contributed by atoms with van der Waals surface area (Å²) in [5, 5.41) is 1.11. The number of pyridine rings is 1. The van der Waals surface area contributed by atoms with Crippen LogP contribution < -0.4 is 9.62 Å². The first-order valence-corrected chi connectivity index (χ1v) is 17.0. The van der Waals surface area contributed by atoms with Crippen molar-refractivity contribution in [2.24, 2.45) is 0 Å². The van der Waals surface area contributed by atoms with E-state index in [2.05, 4.69) is 35.6 Å². The van der Waals surface area contributed by atoms with Gasteiger partial charge in [-0.25, -0.2) is 8.42 Å². The lowest BCUT2D eigenvalue weighted by Gasteiger charge is -2.32. The van der Waals surface area contributed by atoms with Crippen LogP contribution in [0.2, 0.25) is 0 Å². The first-order valence-electron chi connectivity index (χ1n) is 15.5. The van der Waals surface area contributed by atoms with E-state index in [4.69, 9.17) is 4.98 Å². The summed E-state index contributed by atoms with van der Waals surface area (Å²) in [5.74, 6) is 0.382. The molecule has 0 unspecified atom stereocenters. The maximum atomic E-state index is 13.7. The van der Waals surface area contributed by atoms with Crippen molar-refractivity contribution in [2.45, 2.75) is 50.6 Å². The average molecular weight is 617 g/mol. The summed E-state index contributed by atoms with van der Waals surface area (Å²) in [6, 6.07) is 31.1. The zero-order valence-corrected chi connectivity index (χ0v) is 26.3. The number of rotatable bonds is 8. The van der Waals surface area contributed by atoms with Gasteiger partial charge in [0.05, 0.1) is 21.7 Å². The molecule has 2 aliphatic heterocycles. The molecule has 1 aromatic heterocycles. The Labute approximate surface area is 264 Å². The number of carbonyl (C=O) groups excluding carboxylic acids is 1. The highest BCUT2D eigenvalue weighted by molar-refractivity contribution is 7.92. The number of nitrogens with one attached hydrogen (secondary N) is 1. The van der Waals surface area contributed by atoms with Crippen molar-refractivity contribution in [1.82, 2.24) is 9.88 Å². The number of benzene rings is 4. The zero-order valence-electron chi connectivity index (χ0n) is 25.5. The van der Waals surface area contributed by atoms with E-state index in [0.717, 1.165) is 57.5 Å². The van der Waals surface area contributed by atoms with Crippen LogP contribution in [-0.4, -0.2) is 37.3 Å². The third-order valence-corrected chi connectivity index (χ3v) is 10.4. The van der Waals surface area contributed by atoms with E-state index in [1.165, 1.54) is 5.56 Å². The highest BCUT2D eigenvalue weighted by atomic mass is 32.2. The summed E-state index contributed by atoms with van der Waals surface area (Å²) in [4.78, 5) is 22.9. The van der Waals surface area contributed by atoms with Crippen molar-refractivity contribution >= 4 is 38.2 Å². The van der Waals surface area contributed by atoms with Gasteiger partial charge >= 0.3 is 0 Å². The van der Waals surface area contributed by atoms with Crippen LogP contribution in [0, 0.1) is 0 Å². The lowest BCUT2D eigenvalue weighted by atomic mass is 9.97. The van der Waals surface area contributed by atoms with Gasteiger partial charge < -0.3 is 9.80 Å². The number of anilines is 2. The molecule has 0 bridgehead atoms. The summed E-state index contributed by atoms with van der Waals surface area (Å²) >= 11 is 0. The van der Waals surface area contributed by atoms with Gasteiger partial charge in [0.1, 0.15) is 0 Å². The fourth-order valence-electron chi connectivity index (χ4n) is 6.41. The van der Waals surface area contributed by atoms with Gasteiger partial charge in [-0.05, 0) is 77.1 Å². The number of amides is 1. The van der Waals surface area contributed by atoms with Crippen LogP contribution >= 0.6 is 0 Å². The van der Waals surface area contributed by atoms with Crippen LogP contribution in [0.3, 0.4) is 0 Å². The van der Waals surface area contributed by atoms with Crippen molar-refractivity contribution in [3.8, 4) is 0 Å². The molecule has 7 nitrogen and oxygen atoms in total. The van der Waals surface area contributed by atoms with Gasteiger partial charge in [0.15, 0.2) is 0 Å². The predicted octanol–water partition coefficient (Wildman–Crippen LogP) is 6.92. The molecular weight excluding hydrogens is 580 g/mol. The third kappa shape index (κ3) is 5.78. The number of carbonyl (C=O) groups is 1. The summed E-state index contributed by atoms with van der Waals surface area (Å²) in [5.41, 5.74) is 8.57. The minimum absolute atomic E-state index is 0.0529. The van der Waals surface area contributed by atoms with Crippen molar-refractivity contribution < 1.29 is 13.2 Å². The van der Waals surface area contributed by atoms with E-state index in [9.17, 15) is 13.2 Å². The maximum Gasteiger partial charge on any atom is 0.261 e. The molecule has 0 spiro atoms. The van der Waals surface area contributed by atoms with Gasteiger partial charge in [0.25, 0.3) is 15.9 Å². The number of hydrogen-bond donors (Lipinski definition) is 1. The Bertz CT molecular complexity index is 2020. The predicted molar refractivity (Wildman–Crippen MR) is 179 cm³/mol. The molecule has 0 saturated carbocycles. The molecule has 8 heteroatoms. The molecular formula is C37H36N4O3S. The highest BCUT2D eigenvalue weighted by Gasteiger charge is 2.32. The lowest BCUT2D eigenvalue weighted by molar-refractivity contribution is 0.0780. The van der Waals surface area contributed by atoms with Crippen LogP contribution in [0.25, 0.3) is 10.9 Å². The van der Waals surface area contributed by atoms with Gasteiger partial charge in [-0.2, -0.15) is 0 Å². The Morgan fingerprint density at radius 3 is 2.49 bits per heavy atom. The number of nitrogens with zero attached hydrogens (tertiary/aromatic N) is 3. The van der Waals surface area contributed by atoms with E-state index >= 15 is 0 Å². The SMILES string of the molecule is CC(C)c1ccc(S(=O)(=O)Nc2ccc3c(c2)CN(c2cccc4c2C(=O)N(CCc2ccc5ccccc5n2)C4)CC3)cc1. The molecule has 228 valence electrons. The zero-order chi connectivity index (χ0) is 31.1. The van der Waals surface area contributed by atoms with E-state index in [0.29, 0.717) is 37.7 Å². The molecule has 4 aromatic carbocycles. The first-order chi connectivity index (χ1) is 21.7. The average Bonchev–Trinajstić information content (AvgIpc) is 3.38. The summed E-state index contributed by atoms with van der Waals surface area (Å²) < 4.78 is 29.1. The van der Waals surface area contributed by atoms with Crippen molar-refractivity contribution in [1.29, 1.82) is 0 Å². The van der Waals surface area contributed by atoms with Crippen LogP contribution in [-0.2, 0) is 36.0 Å².